The Kier molecular flexibility index (Phi) is 3.08. The van der Waals surface area contributed by atoms with Gasteiger partial charge in [-0.25, -0.2) is 4.79 Å². The summed E-state index contributed by atoms with van der Waals surface area (Å²) < 4.78 is 16.0. The second-order valence-electron chi connectivity index (χ2n) is 5.06. The number of rotatable bonds is 3. The fourth-order valence-corrected chi connectivity index (χ4v) is 2.52. The normalized spacial score (nSPS) is 12.8. The maximum absolute atomic E-state index is 11.7. The van der Waals surface area contributed by atoms with Gasteiger partial charge in [0, 0.05) is 11.1 Å². The molecule has 6 heteroatoms. The molecule has 3 aromatic rings. The van der Waals surface area contributed by atoms with E-state index in [1.54, 1.807) is 13.2 Å². The highest BCUT2D eigenvalue weighted by Crippen LogP contribution is 2.32. The van der Waals surface area contributed by atoms with Gasteiger partial charge >= 0.3 is 5.97 Å². The van der Waals surface area contributed by atoms with Crippen LogP contribution in [0.2, 0.25) is 0 Å². The topological polar surface area (TPSA) is 74.5 Å². The minimum absolute atomic E-state index is 0.310. The van der Waals surface area contributed by atoms with Crippen LogP contribution in [0.1, 0.15) is 15.9 Å². The van der Waals surface area contributed by atoms with Crippen LogP contribution in [-0.4, -0.2) is 23.3 Å². The molecule has 0 spiro atoms. The molecule has 6 nitrogen and oxygen atoms in total. The first-order valence-corrected chi connectivity index (χ1v) is 7.03. The van der Waals surface area contributed by atoms with Crippen molar-refractivity contribution in [2.75, 3.05) is 7.11 Å². The van der Waals surface area contributed by atoms with Crippen molar-refractivity contribution in [3.05, 3.63) is 53.6 Å². The van der Waals surface area contributed by atoms with E-state index in [-0.39, 0.29) is 5.97 Å². The number of nitrogens with zero attached hydrogens (tertiary/aromatic N) is 2. The van der Waals surface area contributed by atoms with Crippen molar-refractivity contribution in [2.45, 2.75) is 6.61 Å². The second kappa shape index (κ2) is 5.24. The summed E-state index contributed by atoms with van der Waals surface area (Å²) in [4.78, 5) is 11.7. The first-order valence-electron chi connectivity index (χ1n) is 7.03. The summed E-state index contributed by atoms with van der Waals surface area (Å²) >= 11 is 0. The fourth-order valence-electron chi connectivity index (χ4n) is 2.52. The van der Waals surface area contributed by atoms with Crippen LogP contribution in [0.25, 0.3) is 22.9 Å². The van der Waals surface area contributed by atoms with E-state index in [4.69, 9.17) is 13.9 Å². The van der Waals surface area contributed by atoms with E-state index < -0.39 is 0 Å². The Hall–Kier alpha value is -3.15. The van der Waals surface area contributed by atoms with Crippen LogP contribution in [0.5, 0.6) is 5.75 Å². The maximum Gasteiger partial charge on any atom is 0.338 e. The lowest BCUT2D eigenvalue weighted by atomic mass is 10.1. The molecule has 2 aromatic carbocycles. The number of ether oxygens (including phenoxy) is 2. The van der Waals surface area contributed by atoms with Crippen LogP contribution in [0.3, 0.4) is 0 Å². The highest BCUT2D eigenvalue weighted by atomic mass is 16.5. The van der Waals surface area contributed by atoms with Gasteiger partial charge in [-0.1, -0.05) is 18.2 Å². The standard InChI is InChI=1S/C17H12N2O4/c1-21-14-5-3-2-4-12(14)16-19-18-15(23-16)10-6-7-11-9-22-17(20)13(11)8-10/h2-8H,9H2,1H3. The minimum atomic E-state index is -0.327. The van der Waals surface area contributed by atoms with Crippen LogP contribution in [-0.2, 0) is 11.3 Å². The number of hydrogen-bond donors (Lipinski definition) is 0. The van der Waals surface area contributed by atoms with Crippen molar-refractivity contribution in [3.8, 4) is 28.7 Å². The lowest BCUT2D eigenvalue weighted by molar-refractivity contribution is 0.0535. The number of carbonyl (C=O) groups excluding carboxylic acids is 1. The zero-order valence-electron chi connectivity index (χ0n) is 12.3. The third kappa shape index (κ3) is 2.24. The molecule has 0 saturated carbocycles. The van der Waals surface area contributed by atoms with Gasteiger partial charge < -0.3 is 13.9 Å². The van der Waals surface area contributed by atoms with Crippen molar-refractivity contribution in [3.63, 3.8) is 0 Å². The number of hydrogen-bond acceptors (Lipinski definition) is 6. The van der Waals surface area contributed by atoms with Gasteiger partial charge in [-0.3, -0.25) is 0 Å². The van der Waals surface area contributed by atoms with E-state index >= 15 is 0 Å². The molecule has 0 amide bonds. The smallest absolute Gasteiger partial charge is 0.338 e. The molecule has 23 heavy (non-hydrogen) atoms. The SMILES string of the molecule is COc1ccccc1-c1nnc(-c2ccc3c(c2)C(=O)OC3)o1. The number of benzene rings is 2. The predicted molar refractivity (Wildman–Crippen MR) is 80.8 cm³/mol. The average molecular weight is 308 g/mol. The first kappa shape index (κ1) is 13.5. The molecule has 0 atom stereocenters. The van der Waals surface area contributed by atoms with Gasteiger partial charge in [0.15, 0.2) is 0 Å². The molecular weight excluding hydrogens is 296 g/mol. The van der Waals surface area contributed by atoms with Gasteiger partial charge in [0.1, 0.15) is 12.4 Å². The molecular formula is C17H12N2O4. The van der Waals surface area contributed by atoms with Crippen LogP contribution in [0, 0.1) is 0 Å². The summed E-state index contributed by atoms with van der Waals surface area (Å²) in [5.74, 6) is 1.03. The highest BCUT2D eigenvalue weighted by Gasteiger charge is 2.23. The molecule has 2 heterocycles. The third-order valence-corrected chi connectivity index (χ3v) is 3.70. The van der Waals surface area contributed by atoms with Crippen molar-refractivity contribution in [1.29, 1.82) is 0 Å². The molecule has 0 unspecified atom stereocenters. The number of methoxy groups -OCH3 is 1. The number of aromatic nitrogens is 2. The van der Waals surface area contributed by atoms with Gasteiger partial charge in [-0.2, -0.15) is 0 Å². The summed E-state index contributed by atoms with van der Waals surface area (Å²) in [6.07, 6.45) is 0. The zero-order chi connectivity index (χ0) is 15.8. The predicted octanol–water partition coefficient (Wildman–Crippen LogP) is 3.08. The molecule has 114 valence electrons. The lowest BCUT2D eigenvalue weighted by Crippen LogP contribution is -1.93. The highest BCUT2D eigenvalue weighted by molar-refractivity contribution is 5.94. The van der Waals surface area contributed by atoms with Crippen molar-refractivity contribution >= 4 is 5.97 Å². The molecule has 0 N–H and O–H groups in total. The van der Waals surface area contributed by atoms with Gasteiger partial charge in [0.2, 0.25) is 5.89 Å². The van der Waals surface area contributed by atoms with Crippen LogP contribution < -0.4 is 4.74 Å². The Bertz CT molecular complexity index is 901. The molecule has 0 fully saturated rings. The molecule has 0 saturated heterocycles. The van der Waals surface area contributed by atoms with E-state index in [0.29, 0.717) is 40.8 Å². The first-order chi connectivity index (χ1) is 11.3. The number of fused-ring (bicyclic) bond motifs is 1. The van der Waals surface area contributed by atoms with E-state index in [1.807, 2.05) is 36.4 Å². The van der Waals surface area contributed by atoms with E-state index in [1.165, 1.54) is 0 Å². The second-order valence-corrected chi connectivity index (χ2v) is 5.06. The number of esters is 1. The van der Waals surface area contributed by atoms with E-state index in [0.717, 1.165) is 5.56 Å². The number of para-hydroxylation sites is 1. The quantitative estimate of drug-likeness (QED) is 0.692. The summed E-state index contributed by atoms with van der Waals surface area (Å²) in [6.45, 7) is 0.310. The Morgan fingerprint density at radius 2 is 1.87 bits per heavy atom. The molecule has 1 aromatic heterocycles. The van der Waals surface area contributed by atoms with E-state index in [9.17, 15) is 4.79 Å². The largest absolute Gasteiger partial charge is 0.496 e. The summed E-state index contributed by atoms with van der Waals surface area (Å²) in [5.41, 5.74) is 2.80. The minimum Gasteiger partial charge on any atom is -0.496 e. The molecule has 1 aliphatic rings. The number of cyclic esters (lactones) is 1. The number of carbonyl (C=O) groups is 1. The van der Waals surface area contributed by atoms with Gasteiger partial charge in [-0.05, 0) is 24.3 Å². The fraction of sp³-hybridized carbons (Fsp3) is 0.118. The van der Waals surface area contributed by atoms with Crippen LogP contribution >= 0.6 is 0 Å². The summed E-state index contributed by atoms with van der Waals surface area (Å²) in [7, 11) is 1.59. The van der Waals surface area contributed by atoms with Gasteiger partial charge in [0.05, 0.1) is 18.2 Å². The molecule has 1 aliphatic heterocycles. The van der Waals surface area contributed by atoms with Crippen LogP contribution in [0.4, 0.5) is 0 Å². The van der Waals surface area contributed by atoms with Gasteiger partial charge in [0.25, 0.3) is 5.89 Å². The average Bonchev–Trinajstić information content (AvgIpc) is 3.22. The molecule has 4 rings (SSSR count). The van der Waals surface area contributed by atoms with Gasteiger partial charge in [-0.15, -0.1) is 10.2 Å². The summed E-state index contributed by atoms with van der Waals surface area (Å²) in [6, 6.07) is 12.8. The monoisotopic (exact) mass is 308 g/mol. The Morgan fingerprint density at radius 3 is 2.74 bits per heavy atom. The molecule has 0 radical (unpaired) electrons. The lowest BCUT2D eigenvalue weighted by Gasteiger charge is -2.03. The van der Waals surface area contributed by atoms with Crippen molar-refractivity contribution in [1.82, 2.24) is 10.2 Å². The maximum atomic E-state index is 11.7. The summed E-state index contributed by atoms with van der Waals surface area (Å²) in [5, 5.41) is 8.14. The van der Waals surface area contributed by atoms with Crippen molar-refractivity contribution < 1.29 is 18.7 Å². The van der Waals surface area contributed by atoms with E-state index in [2.05, 4.69) is 10.2 Å². The molecule has 0 aliphatic carbocycles. The third-order valence-electron chi connectivity index (χ3n) is 3.70. The molecule has 0 bridgehead atoms. The zero-order valence-corrected chi connectivity index (χ0v) is 12.3. The Morgan fingerprint density at radius 1 is 1.04 bits per heavy atom. The Labute approximate surface area is 131 Å². The van der Waals surface area contributed by atoms with Crippen molar-refractivity contribution in [2.24, 2.45) is 0 Å². The Balaban J connectivity index is 1.74. The van der Waals surface area contributed by atoms with Crippen LogP contribution in [0.15, 0.2) is 46.9 Å².